The highest BCUT2D eigenvalue weighted by atomic mass is 19.2. The first-order valence-corrected chi connectivity index (χ1v) is 10.00. The van der Waals surface area contributed by atoms with Crippen molar-refractivity contribution >= 4 is 12.0 Å². The van der Waals surface area contributed by atoms with Gasteiger partial charge in [-0.25, -0.2) is 13.6 Å². The summed E-state index contributed by atoms with van der Waals surface area (Å²) < 4.78 is 39.3. The van der Waals surface area contributed by atoms with E-state index in [-0.39, 0.29) is 25.1 Å². The predicted molar refractivity (Wildman–Crippen MR) is 99.9 cm³/mol. The van der Waals surface area contributed by atoms with Crippen LogP contribution in [0.5, 0.6) is 0 Å². The van der Waals surface area contributed by atoms with Crippen molar-refractivity contribution in [1.82, 2.24) is 10.2 Å². The van der Waals surface area contributed by atoms with E-state index in [0.29, 0.717) is 24.1 Å². The third-order valence-electron chi connectivity index (χ3n) is 5.70. The van der Waals surface area contributed by atoms with E-state index in [1.165, 1.54) is 4.90 Å². The normalized spacial score (nSPS) is 26.4. The Labute approximate surface area is 168 Å². The van der Waals surface area contributed by atoms with Gasteiger partial charge in [-0.1, -0.05) is 0 Å². The van der Waals surface area contributed by atoms with Crippen molar-refractivity contribution in [3.63, 3.8) is 0 Å². The SMILES string of the molecule is CC(C)(C)OC(=O)N1CC[C@@]2(OCc3cc(F)c(F)cc32)[C@@H](C(=O)NC2CC2)C1. The number of hydrogen-bond donors (Lipinski definition) is 1. The molecule has 1 spiro atoms. The van der Waals surface area contributed by atoms with Crippen molar-refractivity contribution in [3.05, 3.63) is 34.9 Å². The standard InChI is InChI=1S/C21H26F2N2O4/c1-20(2,3)29-19(27)25-7-6-21(15(10-25)18(26)24-13-4-5-13)14-9-17(23)16(22)8-12(14)11-28-21/h8-9,13,15H,4-7,10-11H2,1-3H3,(H,24,26)/t15-,21+/m1/s1. The van der Waals surface area contributed by atoms with Gasteiger partial charge < -0.3 is 19.7 Å². The van der Waals surface area contributed by atoms with Crippen molar-refractivity contribution in [2.45, 2.75) is 63.9 Å². The third kappa shape index (κ3) is 3.82. The van der Waals surface area contributed by atoms with Crippen LogP contribution in [0.3, 0.4) is 0 Å². The van der Waals surface area contributed by atoms with E-state index in [2.05, 4.69) is 5.32 Å². The maximum absolute atomic E-state index is 14.0. The summed E-state index contributed by atoms with van der Waals surface area (Å²) in [5.41, 5.74) is -0.703. The fraction of sp³-hybridized carbons (Fsp3) is 0.619. The molecule has 2 atom stereocenters. The highest BCUT2D eigenvalue weighted by Crippen LogP contribution is 2.48. The number of halogens is 2. The van der Waals surface area contributed by atoms with Gasteiger partial charge in [0.25, 0.3) is 0 Å². The Morgan fingerprint density at radius 1 is 1.24 bits per heavy atom. The average molecular weight is 408 g/mol. The Hall–Kier alpha value is -2.22. The third-order valence-corrected chi connectivity index (χ3v) is 5.70. The van der Waals surface area contributed by atoms with Crippen LogP contribution in [0.15, 0.2) is 12.1 Å². The van der Waals surface area contributed by atoms with Gasteiger partial charge in [-0.05, 0) is 63.3 Å². The number of rotatable bonds is 2. The van der Waals surface area contributed by atoms with Crippen LogP contribution in [-0.2, 0) is 26.5 Å². The van der Waals surface area contributed by atoms with Crippen LogP contribution in [0.4, 0.5) is 13.6 Å². The number of carbonyl (C=O) groups is 2. The van der Waals surface area contributed by atoms with Crippen molar-refractivity contribution in [2.24, 2.45) is 5.92 Å². The fourth-order valence-electron chi connectivity index (χ4n) is 4.13. The highest BCUT2D eigenvalue weighted by Gasteiger charge is 2.54. The second-order valence-electron chi connectivity index (χ2n) is 9.11. The Balaban J connectivity index is 1.65. The van der Waals surface area contributed by atoms with Gasteiger partial charge in [0.05, 0.1) is 12.5 Å². The molecule has 4 rings (SSSR count). The second-order valence-corrected chi connectivity index (χ2v) is 9.11. The predicted octanol–water partition coefficient (Wildman–Crippen LogP) is 3.23. The van der Waals surface area contributed by atoms with E-state index < -0.39 is 34.8 Å². The zero-order chi connectivity index (χ0) is 21.0. The fourth-order valence-corrected chi connectivity index (χ4v) is 4.13. The van der Waals surface area contributed by atoms with Gasteiger partial charge in [-0.3, -0.25) is 4.79 Å². The minimum Gasteiger partial charge on any atom is -0.444 e. The molecule has 8 heteroatoms. The molecule has 0 radical (unpaired) electrons. The topological polar surface area (TPSA) is 67.9 Å². The summed E-state index contributed by atoms with van der Waals surface area (Å²) in [6.45, 7) is 5.82. The molecule has 3 aliphatic rings. The lowest BCUT2D eigenvalue weighted by atomic mass is 9.75. The molecule has 1 aromatic carbocycles. The summed E-state index contributed by atoms with van der Waals surface area (Å²) >= 11 is 0. The zero-order valence-corrected chi connectivity index (χ0v) is 16.9. The van der Waals surface area contributed by atoms with E-state index in [0.717, 1.165) is 25.0 Å². The molecule has 1 aromatic rings. The molecular formula is C21H26F2N2O4. The molecule has 1 N–H and O–H groups in total. The van der Waals surface area contributed by atoms with Crippen LogP contribution in [0.2, 0.25) is 0 Å². The van der Waals surface area contributed by atoms with E-state index in [1.54, 1.807) is 20.8 Å². The molecule has 1 aliphatic carbocycles. The molecule has 2 aliphatic heterocycles. The van der Waals surface area contributed by atoms with Gasteiger partial charge in [0, 0.05) is 19.1 Å². The van der Waals surface area contributed by atoms with Crippen molar-refractivity contribution in [3.8, 4) is 0 Å². The van der Waals surface area contributed by atoms with Gasteiger partial charge in [-0.2, -0.15) is 0 Å². The number of hydrogen-bond acceptors (Lipinski definition) is 4. The van der Waals surface area contributed by atoms with Crippen LogP contribution in [0.25, 0.3) is 0 Å². The molecule has 0 unspecified atom stereocenters. The van der Waals surface area contributed by atoms with Crippen LogP contribution in [0, 0.1) is 17.6 Å². The van der Waals surface area contributed by atoms with Crippen LogP contribution in [-0.4, -0.2) is 41.6 Å². The Morgan fingerprint density at radius 2 is 1.93 bits per heavy atom. The molecule has 0 bridgehead atoms. The molecule has 6 nitrogen and oxygen atoms in total. The largest absolute Gasteiger partial charge is 0.444 e. The quantitative estimate of drug-likeness (QED) is 0.816. The minimum atomic E-state index is -1.08. The first kappa shape index (κ1) is 20.1. The monoisotopic (exact) mass is 408 g/mol. The summed E-state index contributed by atoms with van der Waals surface area (Å²) in [5.74, 6) is -2.88. The molecule has 1 saturated carbocycles. The van der Waals surface area contributed by atoms with E-state index >= 15 is 0 Å². The molecule has 2 fully saturated rings. The van der Waals surface area contributed by atoms with Crippen LogP contribution >= 0.6 is 0 Å². The summed E-state index contributed by atoms with van der Waals surface area (Å²) in [6.07, 6.45) is 1.63. The van der Waals surface area contributed by atoms with E-state index in [1.807, 2.05) is 0 Å². The lowest BCUT2D eigenvalue weighted by Gasteiger charge is -2.44. The van der Waals surface area contributed by atoms with Crippen molar-refractivity contribution in [2.75, 3.05) is 13.1 Å². The zero-order valence-electron chi connectivity index (χ0n) is 16.9. The van der Waals surface area contributed by atoms with Crippen molar-refractivity contribution < 1.29 is 27.8 Å². The maximum Gasteiger partial charge on any atom is 0.410 e. The maximum atomic E-state index is 14.0. The first-order valence-electron chi connectivity index (χ1n) is 10.00. The number of fused-ring (bicyclic) bond motifs is 2. The number of nitrogens with zero attached hydrogens (tertiary/aromatic N) is 1. The lowest BCUT2D eigenvalue weighted by Crippen LogP contribution is -2.57. The molecule has 0 aromatic heterocycles. The molecule has 2 amide bonds. The van der Waals surface area contributed by atoms with Crippen molar-refractivity contribution in [1.29, 1.82) is 0 Å². The molecule has 29 heavy (non-hydrogen) atoms. The van der Waals surface area contributed by atoms with Gasteiger partial charge in [-0.15, -0.1) is 0 Å². The molecule has 1 saturated heterocycles. The number of ether oxygens (including phenoxy) is 2. The molecular weight excluding hydrogens is 382 g/mol. The summed E-state index contributed by atoms with van der Waals surface area (Å²) in [5, 5.41) is 2.97. The van der Waals surface area contributed by atoms with Gasteiger partial charge in [0.2, 0.25) is 5.91 Å². The van der Waals surface area contributed by atoms with Crippen LogP contribution < -0.4 is 5.32 Å². The highest BCUT2D eigenvalue weighted by molar-refractivity contribution is 5.82. The molecule has 158 valence electrons. The number of nitrogens with one attached hydrogen (secondary N) is 1. The van der Waals surface area contributed by atoms with Crippen LogP contribution in [0.1, 0.15) is 51.2 Å². The van der Waals surface area contributed by atoms with Gasteiger partial charge >= 0.3 is 6.09 Å². The number of likely N-dealkylation sites (tertiary alicyclic amines) is 1. The summed E-state index contributed by atoms with van der Waals surface area (Å²) in [4.78, 5) is 27.2. The Morgan fingerprint density at radius 3 is 2.59 bits per heavy atom. The minimum absolute atomic E-state index is 0.0892. The van der Waals surface area contributed by atoms with E-state index in [9.17, 15) is 18.4 Å². The second kappa shape index (κ2) is 6.93. The number of piperidine rings is 1. The van der Waals surface area contributed by atoms with Gasteiger partial charge in [0.1, 0.15) is 11.2 Å². The summed E-state index contributed by atoms with van der Waals surface area (Å²) in [6, 6.07) is 2.40. The summed E-state index contributed by atoms with van der Waals surface area (Å²) in [7, 11) is 0. The first-order chi connectivity index (χ1) is 13.6. The Bertz CT molecular complexity index is 850. The number of benzene rings is 1. The van der Waals surface area contributed by atoms with Gasteiger partial charge in [0.15, 0.2) is 11.6 Å². The lowest BCUT2D eigenvalue weighted by molar-refractivity contribution is -0.153. The average Bonchev–Trinajstić information content (AvgIpc) is 3.38. The van der Waals surface area contributed by atoms with E-state index in [4.69, 9.17) is 9.47 Å². The Kier molecular flexibility index (Phi) is 4.80. The number of amides is 2. The number of carbonyl (C=O) groups excluding carboxylic acids is 2. The molecule has 2 heterocycles. The smallest absolute Gasteiger partial charge is 0.410 e.